The van der Waals surface area contributed by atoms with E-state index in [9.17, 15) is 0 Å². The average Bonchev–Trinajstić information content (AvgIpc) is 2.53. The lowest BCUT2D eigenvalue weighted by Gasteiger charge is -2.10. The molecule has 0 fully saturated rings. The molecule has 0 N–H and O–H groups in total. The van der Waals surface area contributed by atoms with E-state index in [0.29, 0.717) is 34.4 Å². The van der Waals surface area contributed by atoms with Crippen molar-refractivity contribution in [2.75, 3.05) is 7.11 Å². The molecule has 0 aliphatic carbocycles. The molecule has 1 aromatic carbocycles. The third-order valence-electron chi connectivity index (χ3n) is 3.01. The molecule has 0 atom stereocenters. The van der Waals surface area contributed by atoms with Gasteiger partial charge in [-0.2, -0.15) is 0 Å². The summed E-state index contributed by atoms with van der Waals surface area (Å²) in [7, 11) is 1.57. The third kappa shape index (κ3) is 3.06. The molecule has 0 unspecified atom stereocenters. The monoisotopic (exact) mass is 300 g/mol. The lowest BCUT2D eigenvalue weighted by atomic mass is 10.2. The van der Waals surface area contributed by atoms with Crippen LogP contribution in [0.3, 0.4) is 0 Å². The largest absolute Gasteiger partial charge is 0.486 e. The van der Waals surface area contributed by atoms with Gasteiger partial charge in [0, 0.05) is 12.1 Å². The molecule has 0 amide bonds. The molecule has 2 heterocycles. The first-order valence-corrected chi connectivity index (χ1v) is 6.82. The van der Waals surface area contributed by atoms with E-state index < -0.39 is 0 Å². The average molecular weight is 301 g/mol. The molecular weight excluding hydrogens is 288 g/mol. The van der Waals surface area contributed by atoms with Crippen LogP contribution < -0.4 is 9.47 Å². The van der Waals surface area contributed by atoms with Gasteiger partial charge in [-0.25, -0.2) is 9.97 Å². The van der Waals surface area contributed by atoms with Gasteiger partial charge >= 0.3 is 0 Å². The van der Waals surface area contributed by atoms with Crippen LogP contribution >= 0.6 is 11.6 Å². The quantitative estimate of drug-likeness (QED) is 0.686. The maximum atomic E-state index is 6.03. The summed E-state index contributed by atoms with van der Waals surface area (Å²) in [5.74, 6) is 1.10. The second-order valence-electron chi connectivity index (χ2n) is 4.44. The van der Waals surface area contributed by atoms with Crippen molar-refractivity contribution in [3.05, 3.63) is 59.2 Å². The van der Waals surface area contributed by atoms with Crippen LogP contribution in [0.25, 0.3) is 11.0 Å². The van der Waals surface area contributed by atoms with Gasteiger partial charge in [-0.05, 0) is 11.6 Å². The summed E-state index contributed by atoms with van der Waals surface area (Å²) in [6, 6.07) is 15.1. The molecule has 0 spiro atoms. The van der Waals surface area contributed by atoms with Crippen molar-refractivity contribution in [3.8, 4) is 11.6 Å². The van der Waals surface area contributed by atoms with E-state index in [-0.39, 0.29) is 0 Å². The molecular formula is C16H13ClN2O2. The highest BCUT2D eigenvalue weighted by Gasteiger charge is 2.09. The molecule has 0 saturated carbocycles. The molecule has 106 valence electrons. The number of nitrogens with zero attached hydrogens (tertiary/aromatic N) is 2. The van der Waals surface area contributed by atoms with Gasteiger partial charge in [-0.15, -0.1) is 0 Å². The van der Waals surface area contributed by atoms with Gasteiger partial charge in [0.05, 0.1) is 12.6 Å². The Labute approximate surface area is 127 Å². The predicted octanol–water partition coefficient (Wildman–Crippen LogP) is 3.87. The van der Waals surface area contributed by atoms with Crippen LogP contribution in [0.2, 0.25) is 5.15 Å². The van der Waals surface area contributed by atoms with Gasteiger partial charge in [0.25, 0.3) is 0 Å². The number of fused-ring (bicyclic) bond motifs is 1. The molecule has 21 heavy (non-hydrogen) atoms. The second-order valence-corrected chi connectivity index (χ2v) is 4.83. The molecule has 0 bridgehead atoms. The molecule has 0 radical (unpaired) electrons. The van der Waals surface area contributed by atoms with Crippen LogP contribution in [0.15, 0.2) is 48.5 Å². The summed E-state index contributed by atoms with van der Waals surface area (Å²) in [4.78, 5) is 8.61. The Bertz CT molecular complexity index is 763. The fraction of sp³-hybridized carbons (Fsp3) is 0.125. The number of ether oxygens (including phenoxy) is 2. The number of pyridine rings is 2. The lowest BCUT2D eigenvalue weighted by Crippen LogP contribution is -1.98. The second kappa shape index (κ2) is 5.97. The minimum atomic E-state index is 0.373. The van der Waals surface area contributed by atoms with Gasteiger partial charge in [-0.1, -0.05) is 41.9 Å². The van der Waals surface area contributed by atoms with Crippen molar-refractivity contribution in [2.24, 2.45) is 0 Å². The van der Waals surface area contributed by atoms with Crippen LogP contribution in [0.1, 0.15) is 5.56 Å². The Morgan fingerprint density at radius 3 is 2.62 bits per heavy atom. The summed E-state index contributed by atoms with van der Waals surface area (Å²) in [5, 5.41) is 0.373. The van der Waals surface area contributed by atoms with Crippen molar-refractivity contribution >= 4 is 22.6 Å². The van der Waals surface area contributed by atoms with Crippen LogP contribution in [0.4, 0.5) is 0 Å². The zero-order valence-electron chi connectivity index (χ0n) is 11.4. The summed E-state index contributed by atoms with van der Waals surface area (Å²) in [6.07, 6.45) is 0. The summed E-state index contributed by atoms with van der Waals surface area (Å²) in [6.45, 7) is 0.440. The van der Waals surface area contributed by atoms with Crippen LogP contribution in [0, 0.1) is 0 Å². The first kappa shape index (κ1) is 13.6. The number of halogens is 1. The molecule has 0 aliphatic heterocycles. The molecule has 3 aromatic rings. The van der Waals surface area contributed by atoms with Crippen LogP contribution in [0.5, 0.6) is 11.6 Å². The highest BCUT2D eigenvalue weighted by molar-refractivity contribution is 6.30. The number of benzene rings is 1. The van der Waals surface area contributed by atoms with Gasteiger partial charge in [0.1, 0.15) is 17.3 Å². The normalized spacial score (nSPS) is 10.6. The van der Waals surface area contributed by atoms with Crippen molar-refractivity contribution in [2.45, 2.75) is 6.61 Å². The molecule has 0 aliphatic rings. The van der Waals surface area contributed by atoms with Crippen molar-refractivity contribution in [1.82, 2.24) is 9.97 Å². The fourth-order valence-electron chi connectivity index (χ4n) is 1.99. The zero-order valence-corrected chi connectivity index (χ0v) is 12.2. The van der Waals surface area contributed by atoms with Gasteiger partial charge < -0.3 is 9.47 Å². The molecule has 2 aromatic heterocycles. The standard InChI is InChI=1S/C16H13ClN2O2/c1-20-15-8-7-12-16(19-15)13(9-14(17)18-12)21-10-11-5-3-2-4-6-11/h2-9H,10H2,1H3. The number of hydrogen-bond donors (Lipinski definition) is 0. The van der Waals surface area contributed by atoms with E-state index in [4.69, 9.17) is 21.1 Å². The van der Waals surface area contributed by atoms with Gasteiger partial charge in [0.2, 0.25) is 5.88 Å². The predicted molar refractivity (Wildman–Crippen MR) is 81.9 cm³/mol. The van der Waals surface area contributed by atoms with E-state index in [1.54, 1.807) is 19.2 Å². The van der Waals surface area contributed by atoms with Crippen LogP contribution in [-0.4, -0.2) is 17.1 Å². The minimum absolute atomic E-state index is 0.373. The topological polar surface area (TPSA) is 44.2 Å². The van der Waals surface area contributed by atoms with E-state index >= 15 is 0 Å². The Morgan fingerprint density at radius 1 is 1.05 bits per heavy atom. The first-order valence-electron chi connectivity index (χ1n) is 6.44. The molecule has 5 heteroatoms. The van der Waals surface area contributed by atoms with Crippen molar-refractivity contribution in [1.29, 1.82) is 0 Å². The van der Waals surface area contributed by atoms with Crippen LogP contribution in [-0.2, 0) is 6.61 Å². The molecule has 3 rings (SSSR count). The minimum Gasteiger partial charge on any atom is -0.486 e. The number of hydrogen-bond acceptors (Lipinski definition) is 4. The highest BCUT2D eigenvalue weighted by atomic mass is 35.5. The van der Waals surface area contributed by atoms with Crippen molar-refractivity contribution < 1.29 is 9.47 Å². The summed E-state index contributed by atoms with van der Waals surface area (Å²) in [5.41, 5.74) is 2.38. The fourth-order valence-corrected chi connectivity index (χ4v) is 2.18. The van der Waals surface area contributed by atoms with E-state index in [1.165, 1.54) is 0 Å². The molecule has 0 saturated heterocycles. The van der Waals surface area contributed by atoms with E-state index in [1.807, 2.05) is 36.4 Å². The number of aromatic nitrogens is 2. The SMILES string of the molecule is COc1ccc2nc(Cl)cc(OCc3ccccc3)c2n1. The number of rotatable bonds is 4. The maximum absolute atomic E-state index is 6.03. The Kier molecular flexibility index (Phi) is 3.88. The third-order valence-corrected chi connectivity index (χ3v) is 3.20. The van der Waals surface area contributed by atoms with Gasteiger partial charge in [0.15, 0.2) is 5.75 Å². The Hall–Kier alpha value is -2.33. The summed E-state index contributed by atoms with van der Waals surface area (Å²) < 4.78 is 11.0. The molecule has 4 nitrogen and oxygen atoms in total. The van der Waals surface area contributed by atoms with E-state index in [2.05, 4.69) is 9.97 Å². The Balaban J connectivity index is 1.96. The zero-order chi connectivity index (χ0) is 14.7. The smallest absolute Gasteiger partial charge is 0.213 e. The first-order chi connectivity index (χ1) is 10.3. The Morgan fingerprint density at radius 2 is 1.86 bits per heavy atom. The maximum Gasteiger partial charge on any atom is 0.213 e. The van der Waals surface area contributed by atoms with Crippen molar-refractivity contribution in [3.63, 3.8) is 0 Å². The van der Waals surface area contributed by atoms with Gasteiger partial charge in [-0.3, -0.25) is 0 Å². The summed E-state index contributed by atoms with van der Waals surface area (Å²) >= 11 is 6.03. The lowest BCUT2D eigenvalue weighted by molar-refractivity contribution is 0.309. The van der Waals surface area contributed by atoms with E-state index in [0.717, 1.165) is 5.56 Å². The number of methoxy groups -OCH3 is 1. The highest BCUT2D eigenvalue weighted by Crippen LogP contribution is 2.28.